The highest BCUT2D eigenvalue weighted by molar-refractivity contribution is 7.00. The van der Waals surface area contributed by atoms with Crippen molar-refractivity contribution < 1.29 is 0 Å². The molecular formula is C14H14ClN5S. The maximum Gasteiger partial charge on any atom is 0.129 e. The lowest BCUT2D eigenvalue weighted by atomic mass is 10.2. The molecule has 7 heteroatoms. The number of benzene rings is 1. The van der Waals surface area contributed by atoms with Crippen molar-refractivity contribution in [2.75, 3.05) is 17.2 Å². The van der Waals surface area contributed by atoms with Crippen LogP contribution in [0.2, 0.25) is 5.02 Å². The monoisotopic (exact) mass is 319 g/mol. The maximum atomic E-state index is 6.28. The summed E-state index contributed by atoms with van der Waals surface area (Å²) in [5.74, 6) is 0.835. The highest BCUT2D eigenvalue weighted by Gasteiger charge is 2.10. The molecule has 0 saturated heterocycles. The molecule has 1 aromatic carbocycles. The van der Waals surface area contributed by atoms with E-state index in [2.05, 4.69) is 31.3 Å². The Balaban J connectivity index is 1.91. The normalized spacial score (nSPS) is 10.8. The third-order valence-electron chi connectivity index (χ3n) is 2.96. The summed E-state index contributed by atoms with van der Waals surface area (Å²) in [6.07, 6.45) is 2.81. The molecule has 5 nitrogen and oxygen atoms in total. The van der Waals surface area contributed by atoms with Crippen molar-refractivity contribution in [1.82, 2.24) is 13.7 Å². The number of anilines is 3. The molecule has 21 heavy (non-hydrogen) atoms. The van der Waals surface area contributed by atoms with Gasteiger partial charge in [-0.25, -0.2) is 4.98 Å². The van der Waals surface area contributed by atoms with Crippen molar-refractivity contribution in [1.29, 1.82) is 0 Å². The van der Waals surface area contributed by atoms with Crippen molar-refractivity contribution in [2.24, 2.45) is 0 Å². The molecule has 0 aliphatic heterocycles. The first-order chi connectivity index (χ1) is 10.3. The second-order valence-electron chi connectivity index (χ2n) is 4.54. The van der Waals surface area contributed by atoms with Crippen LogP contribution in [0.1, 0.15) is 13.3 Å². The van der Waals surface area contributed by atoms with E-state index in [1.807, 2.05) is 24.3 Å². The van der Waals surface area contributed by atoms with E-state index in [-0.39, 0.29) is 0 Å². The maximum absolute atomic E-state index is 6.28. The Morgan fingerprint density at radius 3 is 3.00 bits per heavy atom. The fraction of sp³-hybridized carbons (Fsp3) is 0.214. The molecule has 3 rings (SSSR count). The van der Waals surface area contributed by atoms with Crippen molar-refractivity contribution in [3.8, 4) is 0 Å². The Bertz CT molecular complexity index is 758. The summed E-state index contributed by atoms with van der Waals surface area (Å²) in [6.45, 7) is 3.01. The van der Waals surface area contributed by atoms with E-state index in [1.165, 1.54) is 11.7 Å². The Hall–Kier alpha value is -1.92. The molecule has 2 heterocycles. The third-order valence-corrected chi connectivity index (χ3v) is 3.82. The van der Waals surface area contributed by atoms with Gasteiger partial charge in [0.2, 0.25) is 0 Å². The van der Waals surface area contributed by atoms with E-state index in [9.17, 15) is 0 Å². The van der Waals surface area contributed by atoms with E-state index in [0.717, 1.165) is 41.2 Å². The van der Waals surface area contributed by atoms with Gasteiger partial charge in [0.15, 0.2) is 0 Å². The Morgan fingerprint density at radius 2 is 2.14 bits per heavy atom. The van der Waals surface area contributed by atoms with Gasteiger partial charge in [-0.2, -0.15) is 8.75 Å². The van der Waals surface area contributed by atoms with Crippen LogP contribution in [0.5, 0.6) is 0 Å². The first kappa shape index (κ1) is 14.0. The molecule has 0 saturated carbocycles. The number of fused-ring (bicyclic) bond motifs is 1. The smallest absolute Gasteiger partial charge is 0.129 e. The lowest BCUT2D eigenvalue weighted by Crippen LogP contribution is -2.02. The molecule has 0 bridgehead atoms. The van der Waals surface area contributed by atoms with Crippen LogP contribution in [0.25, 0.3) is 11.0 Å². The van der Waals surface area contributed by atoms with Crippen molar-refractivity contribution in [3.63, 3.8) is 0 Å². The molecule has 2 N–H and O–H groups in total. The molecule has 3 aromatic rings. The SMILES string of the molecule is CCCNc1cc(Nc2c(Cl)ccc3nsnc23)ccn1. The van der Waals surface area contributed by atoms with Gasteiger partial charge in [-0.1, -0.05) is 18.5 Å². The van der Waals surface area contributed by atoms with Gasteiger partial charge < -0.3 is 10.6 Å². The van der Waals surface area contributed by atoms with Gasteiger partial charge in [0.25, 0.3) is 0 Å². The van der Waals surface area contributed by atoms with E-state index in [0.29, 0.717) is 5.02 Å². The minimum atomic E-state index is 0.620. The molecule has 108 valence electrons. The minimum Gasteiger partial charge on any atom is -0.370 e. The third kappa shape index (κ3) is 3.06. The van der Waals surface area contributed by atoms with E-state index in [1.54, 1.807) is 6.20 Å². The van der Waals surface area contributed by atoms with Crippen molar-refractivity contribution >= 4 is 51.6 Å². The van der Waals surface area contributed by atoms with Crippen molar-refractivity contribution in [2.45, 2.75) is 13.3 Å². The summed E-state index contributed by atoms with van der Waals surface area (Å²) in [7, 11) is 0. The van der Waals surface area contributed by atoms with Gasteiger partial charge in [-0.15, -0.1) is 0 Å². The standard InChI is InChI=1S/C14H14ClN5S/c1-2-6-16-12-8-9(5-7-17-12)18-13-10(15)3-4-11-14(13)20-21-19-11/h3-5,7-8H,2,6H2,1H3,(H2,16,17,18). The molecule has 0 atom stereocenters. The van der Waals surface area contributed by atoms with Gasteiger partial charge in [0.05, 0.1) is 22.4 Å². The molecule has 0 fully saturated rings. The summed E-state index contributed by atoms with van der Waals surface area (Å²) in [5.41, 5.74) is 3.30. The molecule has 0 radical (unpaired) electrons. The lowest BCUT2D eigenvalue weighted by Gasteiger charge is -2.10. The van der Waals surface area contributed by atoms with Crippen molar-refractivity contribution in [3.05, 3.63) is 35.5 Å². The van der Waals surface area contributed by atoms with Crippen LogP contribution in [0.4, 0.5) is 17.2 Å². The number of nitrogens with one attached hydrogen (secondary N) is 2. The molecule has 0 spiro atoms. The quantitative estimate of drug-likeness (QED) is 0.734. The Labute approximate surface area is 131 Å². The highest BCUT2D eigenvalue weighted by atomic mass is 35.5. The summed E-state index contributed by atoms with van der Waals surface area (Å²) in [5, 5.41) is 7.19. The van der Waals surface area contributed by atoms with E-state index in [4.69, 9.17) is 11.6 Å². The Morgan fingerprint density at radius 1 is 1.24 bits per heavy atom. The summed E-state index contributed by atoms with van der Waals surface area (Å²) in [6, 6.07) is 7.54. The largest absolute Gasteiger partial charge is 0.370 e. The zero-order valence-corrected chi connectivity index (χ0v) is 13.0. The topological polar surface area (TPSA) is 62.7 Å². The van der Waals surface area contributed by atoms with Crippen LogP contribution in [0.15, 0.2) is 30.5 Å². The zero-order valence-electron chi connectivity index (χ0n) is 11.4. The number of nitrogens with zero attached hydrogens (tertiary/aromatic N) is 3. The van der Waals surface area contributed by atoms with E-state index < -0.39 is 0 Å². The predicted octanol–water partition coefficient (Wildman–Crippen LogP) is 4.31. The molecule has 2 aromatic heterocycles. The van der Waals surface area contributed by atoms with Crippen LogP contribution in [-0.4, -0.2) is 20.3 Å². The summed E-state index contributed by atoms with van der Waals surface area (Å²) >= 11 is 7.45. The molecule has 0 amide bonds. The van der Waals surface area contributed by atoms with Crippen LogP contribution in [0, 0.1) is 0 Å². The number of rotatable bonds is 5. The first-order valence-electron chi connectivity index (χ1n) is 6.65. The van der Waals surface area contributed by atoms with Crippen LogP contribution in [-0.2, 0) is 0 Å². The highest BCUT2D eigenvalue weighted by Crippen LogP contribution is 2.32. The fourth-order valence-corrected chi connectivity index (χ4v) is 2.69. The van der Waals surface area contributed by atoms with Gasteiger partial charge in [0.1, 0.15) is 16.9 Å². The Kier molecular flexibility index (Phi) is 4.17. The number of hydrogen-bond acceptors (Lipinski definition) is 6. The minimum absolute atomic E-state index is 0.620. The summed E-state index contributed by atoms with van der Waals surface area (Å²) < 4.78 is 8.53. The van der Waals surface area contributed by atoms with Gasteiger partial charge in [-0.3, -0.25) is 0 Å². The van der Waals surface area contributed by atoms with Crippen LogP contribution >= 0.6 is 23.3 Å². The van der Waals surface area contributed by atoms with E-state index >= 15 is 0 Å². The summed E-state index contributed by atoms with van der Waals surface area (Å²) in [4.78, 5) is 4.28. The number of pyridine rings is 1. The molecular weight excluding hydrogens is 306 g/mol. The molecule has 0 aliphatic carbocycles. The number of aromatic nitrogens is 3. The average molecular weight is 320 g/mol. The fourth-order valence-electron chi connectivity index (χ4n) is 1.95. The van der Waals surface area contributed by atoms with Gasteiger partial charge in [0, 0.05) is 24.5 Å². The van der Waals surface area contributed by atoms with Crippen LogP contribution < -0.4 is 10.6 Å². The molecule has 0 aliphatic rings. The predicted molar refractivity (Wildman–Crippen MR) is 88.7 cm³/mol. The average Bonchev–Trinajstić information content (AvgIpc) is 2.97. The van der Waals surface area contributed by atoms with Gasteiger partial charge in [-0.05, 0) is 24.6 Å². The number of hydrogen-bond donors (Lipinski definition) is 2. The zero-order chi connectivity index (χ0) is 14.7. The first-order valence-corrected chi connectivity index (χ1v) is 7.76. The second kappa shape index (κ2) is 6.24. The van der Waals surface area contributed by atoms with Crippen LogP contribution in [0.3, 0.4) is 0 Å². The number of halogens is 1. The molecule has 0 unspecified atom stereocenters. The van der Waals surface area contributed by atoms with Gasteiger partial charge >= 0.3 is 0 Å². The second-order valence-corrected chi connectivity index (χ2v) is 5.47. The lowest BCUT2D eigenvalue weighted by molar-refractivity contribution is 0.969.